The van der Waals surface area contributed by atoms with E-state index in [1.807, 2.05) is 13.0 Å². The van der Waals surface area contributed by atoms with Crippen LogP contribution in [0.25, 0.3) is 10.9 Å². The first-order valence-electron chi connectivity index (χ1n) is 9.90. The molecule has 0 bridgehead atoms. The maximum atomic E-state index is 13.1. The Labute approximate surface area is 190 Å². The molecule has 0 aliphatic rings. The number of unbranched alkanes of at least 4 members (excludes halogenated alkanes) is 1. The van der Waals surface area contributed by atoms with Gasteiger partial charge in [0.2, 0.25) is 10.0 Å². The summed E-state index contributed by atoms with van der Waals surface area (Å²) < 4.78 is 41.5. The first-order chi connectivity index (χ1) is 14.8. The zero-order valence-corrected chi connectivity index (χ0v) is 19.8. The molecule has 0 saturated carbocycles. The Bertz CT molecular complexity index is 1160. The predicted molar refractivity (Wildman–Crippen MR) is 123 cm³/mol. The second-order valence-electron chi connectivity index (χ2n) is 7.03. The normalized spacial score (nSPS) is 11.6. The lowest BCUT2D eigenvalue weighted by molar-refractivity contribution is -0.144. The van der Waals surface area contributed by atoms with E-state index in [4.69, 9.17) is 9.47 Å². The van der Waals surface area contributed by atoms with E-state index in [1.165, 1.54) is 6.20 Å². The average Bonchev–Trinajstić information content (AvgIpc) is 3.11. The lowest BCUT2D eigenvalue weighted by Crippen LogP contribution is -2.23. The Kier molecular flexibility index (Phi) is 7.74. The molecular formula is C22H25BrN2O5S. The zero-order valence-electron chi connectivity index (χ0n) is 17.4. The van der Waals surface area contributed by atoms with Crippen LogP contribution >= 0.6 is 15.9 Å². The Morgan fingerprint density at radius 2 is 1.90 bits per heavy atom. The van der Waals surface area contributed by atoms with Gasteiger partial charge in [-0.2, -0.15) is 0 Å². The van der Waals surface area contributed by atoms with Crippen LogP contribution in [-0.2, 0) is 32.6 Å². The number of hydrogen-bond acceptors (Lipinski definition) is 5. The van der Waals surface area contributed by atoms with E-state index in [1.54, 1.807) is 48.1 Å². The van der Waals surface area contributed by atoms with E-state index in [9.17, 15) is 13.2 Å². The van der Waals surface area contributed by atoms with E-state index >= 15 is 0 Å². The SMILES string of the molecule is CCCCOC(=O)Cn1cc(S(=O)(=O)NCc2ccc(OC)cc2)c2cc(Br)ccc21. The van der Waals surface area contributed by atoms with Gasteiger partial charge < -0.3 is 14.0 Å². The quantitative estimate of drug-likeness (QED) is 0.327. The fourth-order valence-electron chi connectivity index (χ4n) is 3.10. The van der Waals surface area contributed by atoms with Crippen LogP contribution in [0, 0.1) is 0 Å². The van der Waals surface area contributed by atoms with Crippen molar-refractivity contribution in [2.24, 2.45) is 0 Å². The molecule has 7 nitrogen and oxygen atoms in total. The standard InChI is InChI=1S/C22H25BrN2O5S/c1-3-4-11-30-22(26)15-25-14-21(19-12-17(23)7-10-20(19)25)31(27,28)24-13-16-5-8-18(29-2)9-6-16/h5-10,12,14,24H,3-4,11,13,15H2,1-2H3. The lowest BCUT2D eigenvalue weighted by atomic mass is 10.2. The van der Waals surface area contributed by atoms with Gasteiger partial charge in [0.25, 0.3) is 0 Å². The lowest BCUT2D eigenvalue weighted by Gasteiger charge is -2.07. The summed E-state index contributed by atoms with van der Waals surface area (Å²) in [6, 6.07) is 12.5. The van der Waals surface area contributed by atoms with Gasteiger partial charge in [0.15, 0.2) is 0 Å². The van der Waals surface area contributed by atoms with Crippen molar-refractivity contribution in [2.75, 3.05) is 13.7 Å². The molecule has 1 heterocycles. The molecule has 0 fully saturated rings. The molecular weight excluding hydrogens is 484 g/mol. The molecule has 3 aromatic rings. The summed E-state index contributed by atoms with van der Waals surface area (Å²) in [5.74, 6) is 0.300. The molecule has 166 valence electrons. The third-order valence-electron chi connectivity index (χ3n) is 4.78. The van der Waals surface area contributed by atoms with Crippen molar-refractivity contribution in [3.05, 3.63) is 58.7 Å². The third-order valence-corrected chi connectivity index (χ3v) is 6.70. The monoisotopic (exact) mass is 508 g/mol. The van der Waals surface area contributed by atoms with Crippen LogP contribution in [0.3, 0.4) is 0 Å². The van der Waals surface area contributed by atoms with Crippen LogP contribution in [0.2, 0.25) is 0 Å². The van der Waals surface area contributed by atoms with Crippen LogP contribution in [0.1, 0.15) is 25.3 Å². The number of nitrogens with zero attached hydrogens (tertiary/aromatic N) is 1. The molecule has 31 heavy (non-hydrogen) atoms. The second-order valence-corrected chi connectivity index (χ2v) is 9.68. The molecule has 0 aliphatic heterocycles. The van der Waals surface area contributed by atoms with Crippen molar-refractivity contribution in [3.63, 3.8) is 0 Å². The van der Waals surface area contributed by atoms with Crippen molar-refractivity contribution in [1.29, 1.82) is 0 Å². The fourth-order valence-corrected chi connectivity index (χ4v) is 4.69. The minimum atomic E-state index is -3.83. The van der Waals surface area contributed by atoms with Gasteiger partial charge in [-0.25, -0.2) is 13.1 Å². The highest BCUT2D eigenvalue weighted by molar-refractivity contribution is 9.10. The van der Waals surface area contributed by atoms with Crippen LogP contribution in [0.4, 0.5) is 0 Å². The number of aromatic nitrogens is 1. The van der Waals surface area contributed by atoms with Crippen molar-refractivity contribution >= 4 is 42.8 Å². The number of fused-ring (bicyclic) bond motifs is 1. The summed E-state index contributed by atoms with van der Waals surface area (Å²) in [5.41, 5.74) is 1.44. The Hall–Kier alpha value is -2.36. The first kappa shape index (κ1) is 23.3. The van der Waals surface area contributed by atoms with Gasteiger partial charge in [0, 0.05) is 22.6 Å². The highest BCUT2D eigenvalue weighted by Gasteiger charge is 2.22. The van der Waals surface area contributed by atoms with Gasteiger partial charge >= 0.3 is 5.97 Å². The summed E-state index contributed by atoms with van der Waals surface area (Å²) >= 11 is 3.40. The molecule has 0 radical (unpaired) electrons. The van der Waals surface area contributed by atoms with Gasteiger partial charge in [0.05, 0.1) is 19.2 Å². The number of esters is 1. The largest absolute Gasteiger partial charge is 0.497 e. The molecule has 2 aromatic carbocycles. The number of rotatable bonds is 10. The number of ether oxygens (including phenoxy) is 2. The molecule has 0 aliphatic carbocycles. The van der Waals surface area contributed by atoms with Gasteiger partial charge in [0.1, 0.15) is 17.2 Å². The third kappa shape index (κ3) is 5.87. The summed E-state index contributed by atoms with van der Waals surface area (Å²) in [6.45, 7) is 2.44. The predicted octanol–water partition coefficient (Wildman–Crippen LogP) is 4.23. The number of carbonyl (C=O) groups excluding carboxylic acids is 1. The number of benzene rings is 2. The van der Waals surface area contributed by atoms with E-state index < -0.39 is 16.0 Å². The maximum absolute atomic E-state index is 13.1. The van der Waals surface area contributed by atoms with E-state index in [0.29, 0.717) is 23.3 Å². The summed E-state index contributed by atoms with van der Waals surface area (Å²) in [4.78, 5) is 12.3. The number of carbonyl (C=O) groups is 1. The van der Waals surface area contributed by atoms with Crippen molar-refractivity contribution < 1.29 is 22.7 Å². The van der Waals surface area contributed by atoms with Crippen molar-refractivity contribution in [2.45, 2.75) is 37.8 Å². The van der Waals surface area contributed by atoms with Crippen LogP contribution in [0.15, 0.2) is 58.0 Å². The topological polar surface area (TPSA) is 86.6 Å². The Balaban J connectivity index is 1.85. The van der Waals surface area contributed by atoms with E-state index in [2.05, 4.69) is 20.7 Å². The number of nitrogens with one attached hydrogen (secondary N) is 1. The molecule has 0 atom stereocenters. The van der Waals surface area contributed by atoms with Crippen molar-refractivity contribution in [3.8, 4) is 5.75 Å². The summed E-state index contributed by atoms with van der Waals surface area (Å²) in [5, 5.41) is 0.526. The van der Waals surface area contributed by atoms with Crippen LogP contribution in [-0.4, -0.2) is 32.7 Å². The number of halogens is 1. The Morgan fingerprint density at radius 1 is 1.16 bits per heavy atom. The highest BCUT2D eigenvalue weighted by Crippen LogP contribution is 2.28. The molecule has 3 rings (SSSR count). The van der Waals surface area contributed by atoms with E-state index in [0.717, 1.165) is 22.9 Å². The molecule has 0 saturated heterocycles. The van der Waals surface area contributed by atoms with Crippen LogP contribution in [0.5, 0.6) is 5.75 Å². The first-order valence-corrected chi connectivity index (χ1v) is 12.2. The zero-order chi connectivity index (χ0) is 22.4. The Morgan fingerprint density at radius 3 is 2.58 bits per heavy atom. The summed E-state index contributed by atoms with van der Waals surface area (Å²) in [6.07, 6.45) is 3.20. The molecule has 1 aromatic heterocycles. The highest BCUT2D eigenvalue weighted by atomic mass is 79.9. The van der Waals surface area contributed by atoms with Gasteiger partial charge in [-0.3, -0.25) is 4.79 Å². The fraction of sp³-hybridized carbons (Fsp3) is 0.318. The van der Waals surface area contributed by atoms with Crippen molar-refractivity contribution in [1.82, 2.24) is 9.29 Å². The maximum Gasteiger partial charge on any atom is 0.325 e. The molecule has 0 unspecified atom stereocenters. The van der Waals surface area contributed by atoms with E-state index in [-0.39, 0.29) is 18.0 Å². The number of hydrogen-bond donors (Lipinski definition) is 1. The minimum absolute atomic E-state index is 0.0597. The molecule has 0 spiro atoms. The summed E-state index contributed by atoms with van der Waals surface area (Å²) in [7, 11) is -2.25. The van der Waals surface area contributed by atoms with Gasteiger partial charge in [-0.15, -0.1) is 0 Å². The van der Waals surface area contributed by atoms with Gasteiger partial charge in [-0.05, 0) is 42.3 Å². The molecule has 1 N–H and O–H groups in total. The second kappa shape index (κ2) is 10.3. The van der Waals surface area contributed by atoms with Crippen LogP contribution < -0.4 is 9.46 Å². The molecule has 9 heteroatoms. The number of sulfonamides is 1. The minimum Gasteiger partial charge on any atom is -0.497 e. The average molecular weight is 509 g/mol. The smallest absolute Gasteiger partial charge is 0.325 e. The number of methoxy groups -OCH3 is 1. The van der Waals surface area contributed by atoms with Gasteiger partial charge in [-0.1, -0.05) is 41.4 Å². The molecule has 0 amide bonds.